The maximum Gasteiger partial charge on any atom is 0.584 e. The molecule has 0 amide bonds. The Kier molecular flexibility index (Phi) is 15.8. The van der Waals surface area contributed by atoms with Crippen molar-refractivity contribution in [1.82, 2.24) is 0 Å². The van der Waals surface area contributed by atoms with E-state index >= 15 is 0 Å². The average Bonchev–Trinajstić information content (AvgIpc) is 3.12. The number of ether oxygens (including phenoxy) is 6. The number of hydrogen-bond donors (Lipinski definition) is 1. The molecule has 0 heterocycles. The molecule has 19 heteroatoms. The van der Waals surface area contributed by atoms with Gasteiger partial charge < -0.3 is 37.5 Å². The van der Waals surface area contributed by atoms with E-state index in [2.05, 4.69) is 0 Å². The number of carbonyl (C=O) groups is 8. The van der Waals surface area contributed by atoms with Gasteiger partial charge in [0.2, 0.25) is 0 Å². The second-order valence-corrected chi connectivity index (χ2v) is 14.2. The van der Waals surface area contributed by atoms with Crippen LogP contribution in [0.3, 0.4) is 0 Å². The molecule has 4 rings (SSSR count). The molecule has 0 unspecified atom stereocenters. The first-order chi connectivity index (χ1) is 28.7. The van der Waals surface area contributed by atoms with E-state index in [0.717, 1.165) is 65.8 Å². The zero-order valence-electron chi connectivity index (χ0n) is 33.6. The molecule has 0 aliphatic carbocycles. The summed E-state index contributed by atoms with van der Waals surface area (Å²) in [6, 6.07) is 16.2. The topological polar surface area (TPSA) is 248 Å². The molecular weight excluding hydrogens is 823 g/mol. The van der Waals surface area contributed by atoms with Gasteiger partial charge in [-0.3, -0.25) is 43.2 Å². The van der Waals surface area contributed by atoms with Crippen molar-refractivity contribution in [3.63, 3.8) is 0 Å². The van der Waals surface area contributed by atoms with Gasteiger partial charge in [-0.15, -0.1) is 0 Å². The highest BCUT2D eigenvalue weighted by Gasteiger charge is 2.27. The van der Waals surface area contributed by atoms with Crippen LogP contribution >= 0.6 is 7.82 Å². The molecule has 0 spiro atoms. The zero-order chi connectivity index (χ0) is 45.0. The fourth-order valence-corrected chi connectivity index (χ4v) is 6.37. The number of hydrogen-bond acceptors (Lipinski definition) is 17. The molecule has 1 N–H and O–H groups in total. The van der Waals surface area contributed by atoms with Crippen molar-refractivity contribution in [2.75, 3.05) is 0 Å². The lowest BCUT2D eigenvalue weighted by atomic mass is 10.0. The average molecular weight is 863 g/mol. The molecule has 4 aromatic carbocycles. The fraction of sp³-hybridized carbons (Fsp3) is 0.238. The van der Waals surface area contributed by atoms with Crippen LogP contribution < -0.4 is 37.5 Å². The molecule has 61 heavy (non-hydrogen) atoms. The van der Waals surface area contributed by atoms with Crippen LogP contribution in [0.15, 0.2) is 72.8 Å². The molecule has 4 aromatic rings. The standard InChI is InChI=1S/C42H39O18P/c1-23(43)53-33-19-37(55-25(3)45)41(38(20-33)56-26(4)46)35(49)17-11-29-7-13-31(14-8-29)59-61(51,52)60-32-15-9-30(10-16-32)12-18-36(50)42-39(57-27(5)47)21-34(54-24(2)44)22-40(42)58-28(6)48/h7-10,13-16,19-22H,11-12,17-18H2,1-6H3,(H,51,52). The maximum absolute atomic E-state index is 13.4. The van der Waals surface area contributed by atoms with Gasteiger partial charge in [0.05, 0.1) is 0 Å². The molecule has 0 saturated heterocycles. The summed E-state index contributed by atoms with van der Waals surface area (Å²) in [5.74, 6) is -7.22. The van der Waals surface area contributed by atoms with Crippen molar-refractivity contribution in [2.45, 2.75) is 67.2 Å². The quantitative estimate of drug-likeness (QED) is 0.0490. The van der Waals surface area contributed by atoms with E-state index in [1.165, 1.54) is 48.5 Å². The minimum absolute atomic E-state index is 0.0477. The summed E-state index contributed by atoms with van der Waals surface area (Å²) >= 11 is 0. The van der Waals surface area contributed by atoms with Crippen LogP contribution in [0.1, 0.15) is 86.2 Å². The largest absolute Gasteiger partial charge is 0.584 e. The molecule has 18 nitrogen and oxygen atoms in total. The zero-order valence-corrected chi connectivity index (χ0v) is 34.5. The van der Waals surface area contributed by atoms with Gasteiger partial charge in [-0.05, 0) is 48.2 Å². The predicted octanol–water partition coefficient (Wildman–Crippen LogP) is 6.43. The first-order valence-electron chi connectivity index (χ1n) is 18.1. The number of benzene rings is 4. The van der Waals surface area contributed by atoms with E-state index in [1.807, 2.05) is 0 Å². The van der Waals surface area contributed by atoms with Crippen LogP contribution in [0, 0.1) is 0 Å². The molecule has 0 atom stereocenters. The number of rotatable bonds is 18. The Morgan fingerprint density at radius 3 is 0.934 bits per heavy atom. The van der Waals surface area contributed by atoms with Crippen molar-refractivity contribution >= 4 is 55.2 Å². The third kappa shape index (κ3) is 14.6. The molecule has 0 bridgehead atoms. The molecule has 0 radical (unpaired) electrons. The van der Waals surface area contributed by atoms with E-state index in [4.69, 9.17) is 37.5 Å². The van der Waals surface area contributed by atoms with E-state index in [1.54, 1.807) is 0 Å². The SMILES string of the molecule is CC(=O)Oc1cc(OC(C)=O)c(C(=O)CCc2ccc(OP(=O)(O)Oc3ccc(CCC(=O)c4c(OC(C)=O)cc(OC(C)=O)cc4OC(C)=O)cc3)cc2)c(OC(C)=O)c1. The number of Topliss-reactive ketones (excluding diaryl/α,β-unsaturated/α-hetero) is 2. The number of carbonyl (C=O) groups excluding carboxylic acids is 8. The lowest BCUT2D eigenvalue weighted by Gasteiger charge is -2.15. The summed E-state index contributed by atoms with van der Waals surface area (Å²) in [6.07, 6.45) is -0.0934. The van der Waals surface area contributed by atoms with Gasteiger partial charge in [0.1, 0.15) is 57.1 Å². The first-order valence-corrected chi connectivity index (χ1v) is 19.6. The summed E-state index contributed by atoms with van der Waals surface area (Å²) in [7, 11) is -4.74. The van der Waals surface area contributed by atoms with E-state index in [-0.39, 0.29) is 82.8 Å². The Hall–Kier alpha value is -7.17. The number of ketones is 2. The lowest BCUT2D eigenvalue weighted by Crippen LogP contribution is -2.13. The second kappa shape index (κ2) is 20.7. The molecule has 0 aromatic heterocycles. The van der Waals surface area contributed by atoms with Crippen molar-refractivity contribution in [1.29, 1.82) is 0 Å². The van der Waals surface area contributed by atoms with Crippen LogP contribution in [0.25, 0.3) is 0 Å². The van der Waals surface area contributed by atoms with Gasteiger partial charge in [0.15, 0.2) is 11.6 Å². The van der Waals surface area contributed by atoms with Crippen molar-refractivity contribution < 1.29 is 85.3 Å². The van der Waals surface area contributed by atoms with E-state index < -0.39 is 55.2 Å². The fourth-order valence-electron chi connectivity index (χ4n) is 5.56. The molecule has 0 saturated carbocycles. The van der Waals surface area contributed by atoms with Crippen LogP contribution in [-0.2, 0) is 46.2 Å². The van der Waals surface area contributed by atoms with E-state index in [9.17, 15) is 47.8 Å². The van der Waals surface area contributed by atoms with Gasteiger partial charge in [-0.1, -0.05) is 24.3 Å². The van der Waals surface area contributed by atoms with Gasteiger partial charge in [-0.25, -0.2) is 4.57 Å². The number of esters is 6. The smallest absolute Gasteiger partial charge is 0.426 e. The highest BCUT2D eigenvalue weighted by Crippen LogP contribution is 2.45. The highest BCUT2D eigenvalue weighted by molar-refractivity contribution is 7.48. The van der Waals surface area contributed by atoms with Gasteiger partial charge >= 0.3 is 43.6 Å². The molecule has 0 aliphatic heterocycles. The summed E-state index contributed by atoms with van der Waals surface area (Å²) in [6.45, 7) is 6.64. The van der Waals surface area contributed by atoms with Crippen LogP contribution in [0.2, 0.25) is 0 Å². The Labute approximate surface area is 348 Å². The normalized spacial score (nSPS) is 10.7. The Balaban J connectivity index is 1.39. The second-order valence-electron chi connectivity index (χ2n) is 12.9. The minimum Gasteiger partial charge on any atom is -0.426 e. The number of phosphoric acid groups is 1. The first kappa shape index (κ1) is 46.5. The van der Waals surface area contributed by atoms with Crippen molar-refractivity contribution in [3.05, 3.63) is 95.1 Å². The Morgan fingerprint density at radius 2 is 0.689 bits per heavy atom. The summed E-state index contributed by atoms with van der Waals surface area (Å²) in [5.41, 5.74) is 0.727. The summed E-state index contributed by atoms with van der Waals surface area (Å²) in [5, 5.41) is 0. The van der Waals surface area contributed by atoms with Gasteiger partial charge in [0.25, 0.3) is 0 Å². The molecular formula is C42H39O18P. The molecule has 0 aliphatic rings. The van der Waals surface area contributed by atoms with Crippen molar-refractivity contribution in [3.8, 4) is 46.0 Å². The van der Waals surface area contributed by atoms with Crippen LogP contribution in [0.4, 0.5) is 0 Å². The van der Waals surface area contributed by atoms with Crippen LogP contribution in [-0.4, -0.2) is 52.3 Å². The third-order valence-electron chi connectivity index (χ3n) is 7.74. The van der Waals surface area contributed by atoms with Gasteiger partial charge in [0, 0.05) is 78.6 Å². The molecule has 0 fully saturated rings. The lowest BCUT2D eigenvalue weighted by molar-refractivity contribution is -0.133. The number of phosphoric ester groups is 1. The molecule has 320 valence electrons. The monoisotopic (exact) mass is 862 g/mol. The van der Waals surface area contributed by atoms with Crippen molar-refractivity contribution in [2.24, 2.45) is 0 Å². The summed E-state index contributed by atoms with van der Waals surface area (Å²) in [4.78, 5) is 108. The predicted molar refractivity (Wildman–Crippen MR) is 210 cm³/mol. The third-order valence-corrected chi connectivity index (χ3v) is 8.63. The summed E-state index contributed by atoms with van der Waals surface area (Å²) < 4.78 is 54.1. The van der Waals surface area contributed by atoms with Gasteiger partial charge in [-0.2, -0.15) is 0 Å². The van der Waals surface area contributed by atoms with Crippen LogP contribution in [0.5, 0.6) is 46.0 Å². The number of aryl methyl sites for hydroxylation is 2. The highest BCUT2D eigenvalue weighted by atomic mass is 31.2. The minimum atomic E-state index is -4.74. The Bertz CT molecular complexity index is 2180. The Morgan fingerprint density at radius 1 is 0.426 bits per heavy atom. The maximum atomic E-state index is 13.4. The van der Waals surface area contributed by atoms with E-state index in [0.29, 0.717) is 11.1 Å².